The molecule has 0 fully saturated rings. The molecule has 0 bridgehead atoms. The summed E-state index contributed by atoms with van der Waals surface area (Å²) in [5.41, 5.74) is 0.862. The van der Waals surface area contributed by atoms with Gasteiger partial charge in [-0.1, -0.05) is 13.8 Å². The highest BCUT2D eigenvalue weighted by molar-refractivity contribution is 5.82. The Labute approximate surface area is 111 Å². The highest BCUT2D eigenvalue weighted by Crippen LogP contribution is 2.23. The Kier molecular flexibility index (Phi) is 3.69. The molecule has 4 heteroatoms. The molecule has 0 aliphatic heterocycles. The van der Waals surface area contributed by atoms with Crippen LogP contribution < -0.4 is 10.4 Å². The molecule has 1 aromatic heterocycles. The van der Waals surface area contributed by atoms with Crippen molar-refractivity contribution >= 4 is 16.9 Å². The summed E-state index contributed by atoms with van der Waals surface area (Å²) in [7, 11) is 0. The second kappa shape index (κ2) is 5.26. The molecular formula is C15H16O4. The predicted molar refractivity (Wildman–Crippen MR) is 72.3 cm³/mol. The van der Waals surface area contributed by atoms with Crippen LogP contribution in [0, 0.1) is 12.8 Å². The Morgan fingerprint density at radius 3 is 2.79 bits per heavy atom. The molecule has 0 amide bonds. The van der Waals surface area contributed by atoms with Crippen molar-refractivity contribution in [3.8, 4) is 5.75 Å². The van der Waals surface area contributed by atoms with Crippen molar-refractivity contribution in [3.63, 3.8) is 0 Å². The number of ether oxygens (including phenoxy) is 1. The van der Waals surface area contributed by atoms with Crippen molar-refractivity contribution in [1.29, 1.82) is 0 Å². The van der Waals surface area contributed by atoms with E-state index >= 15 is 0 Å². The number of carbonyl (C=O) groups excluding carboxylic acids is 1. The molecule has 1 atom stereocenters. The minimum atomic E-state index is -0.407. The quantitative estimate of drug-likeness (QED) is 0.483. The van der Waals surface area contributed by atoms with Crippen LogP contribution in [0.1, 0.15) is 25.8 Å². The van der Waals surface area contributed by atoms with Crippen molar-refractivity contribution in [2.45, 2.75) is 27.2 Å². The van der Waals surface area contributed by atoms with Crippen LogP contribution in [0.5, 0.6) is 5.75 Å². The second-order valence-corrected chi connectivity index (χ2v) is 4.64. The second-order valence-electron chi connectivity index (χ2n) is 4.64. The summed E-state index contributed by atoms with van der Waals surface area (Å²) in [5, 5.41) is 0.836. The number of fused-ring (bicyclic) bond motifs is 1. The number of esters is 1. The third kappa shape index (κ3) is 2.84. The maximum absolute atomic E-state index is 11.7. The van der Waals surface area contributed by atoms with Crippen molar-refractivity contribution in [2.75, 3.05) is 0 Å². The number of carbonyl (C=O) groups is 1. The molecule has 2 aromatic rings. The van der Waals surface area contributed by atoms with E-state index in [-0.39, 0.29) is 11.9 Å². The van der Waals surface area contributed by atoms with Crippen molar-refractivity contribution < 1.29 is 13.9 Å². The van der Waals surface area contributed by atoms with Crippen LogP contribution in [0.4, 0.5) is 0 Å². The molecule has 4 nitrogen and oxygen atoms in total. The molecule has 1 unspecified atom stereocenters. The minimum Gasteiger partial charge on any atom is -0.426 e. The molecule has 1 aromatic carbocycles. The molecule has 0 spiro atoms. The van der Waals surface area contributed by atoms with Gasteiger partial charge in [-0.05, 0) is 31.0 Å². The zero-order valence-corrected chi connectivity index (χ0v) is 11.2. The lowest BCUT2D eigenvalue weighted by Crippen LogP contribution is -2.16. The van der Waals surface area contributed by atoms with E-state index in [0.717, 1.165) is 17.4 Å². The van der Waals surface area contributed by atoms with E-state index in [1.165, 1.54) is 6.07 Å². The van der Waals surface area contributed by atoms with Gasteiger partial charge in [-0.2, -0.15) is 0 Å². The molecule has 0 N–H and O–H groups in total. The van der Waals surface area contributed by atoms with E-state index in [1.807, 2.05) is 20.8 Å². The summed E-state index contributed by atoms with van der Waals surface area (Å²) in [6, 6.07) is 6.50. The Balaban J connectivity index is 2.37. The molecule has 0 radical (unpaired) electrons. The molecular weight excluding hydrogens is 244 g/mol. The summed E-state index contributed by atoms with van der Waals surface area (Å²) >= 11 is 0. The fraction of sp³-hybridized carbons (Fsp3) is 0.333. The first-order chi connectivity index (χ1) is 9.01. The number of benzene rings is 1. The normalized spacial score (nSPS) is 12.4. The molecule has 0 aliphatic rings. The van der Waals surface area contributed by atoms with Crippen molar-refractivity contribution in [3.05, 3.63) is 40.2 Å². The average molecular weight is 260 g/mol. The largest absolute Gasteiger partial charge is 0.426 e. The SMILES string of the molecule is CCC(C)C(=O)Oc1ccc2c(C)cc(=O)oc2c1. The fourth-order valence-corrected chi connectivity index (χ4v) is 1.75. The molecule has 0 aliphatic carbocycles. The third-order valence-electron chi connectivity index (χ3n) is 3.16. The van der Waals surface area contributed by atoms with Crippen LogP contribution >= 0.6 is 0 Å². The first-order valence-corrected chi connectivity index (χ1v) is 6.27. The Bertz CT molecular complexity index is 669. The minimum absolute atomic E-state index is 0.153. The molecule has 19 heavy (non-hydrogen) atoms. The number of aryl methyl sites for hydroxylation is 1. The Hall–Kier alpha value is -2.10. The lowest BCUT2D eigenvalue weighted by Gasteiger charge is -2.09. The van der Waals surface area contributed by atoms with Crippen molar-refractivity contribution in [1.82, 2.24) is 0 Å². The Morgan fingerprint density at radius 2 is 2.11 bits per heavy atom. The molecule has 0 saturated carbocycles. The lowest BCUT2D eigenvalue weighted by atomic mass is 10.1. The van der Waals surface area contributed by atoms with Crippen LogP contribution in [0.3, 0.4) is 0 Å². The van der Waals surface area contributed by atoms with E-state index in [9.17, 15) is 9.59 Å². The van der Waals surface area contributed by atoms with Crippen LogP contribution in [0.15, 0.2) is 33.5 Å². The summed E-state index contributed by atoms with van der Waals surface area (Å²) in [6.07, 6.45) is 0.723. The monoisotopic (exact) mass is 260 g/mol. The number of rotatable bonds is 3. The van der Waals surface area contributed by atoms with Crippen LogP contribution in [-0.4, -0.2) is 5.97 Å². The van der Waals surface area contributed by atoms with E-state index in [2.05, 4.69) is 0 Å². The topological polar surface area (TPSA) is 56.5 Å². The van der Waals surface area contributed by atoms with Gasteiger partial charge in [0.05, 0.1) is 5.92 Å². The zero-order chi connectivity index (χ0) is 14.0. The summed E-state index contributed by atoms with van der Waals surface area (Å²) in [5.74, 6) is -0.0383. The first-order valence-electron chi connectivity index (χ1n) is 6.27. The number of hydrogen-bond acceptors (Lipinski definition) is 4. The van der Waals surface area contributed by atoms with Gasteiger partial charge in [-0.15, -0.1) is 0 Å². The predicted octanol–water partition coefficient (Wildman–Crippen LogP) is 3.05. The van der Waals surface area contributed by atoms with Gasteiger partial charge < -0.3 is 9.15 Å². The van der Waals surface area contributed by atoms with Gasteiger partial charge in [-0.3, -0.25) is 4.79 Å². The van der Waals surface area contributed by atoms with Gasteiger partial charge in [0.25, 0.3) is 0 Å². The number of hydrogen-bond donors (Lipinski definition) is 0. The summed E-state index contributed by atoms with van der Waals surface area (Å²) in [6.45, 7) is 5.58. The van der Waals surface area contributed by atoms with E-state index in [1.54, 1.807) is 18.2 Å². The van der Waals surface area contributed by atoms with E-state index in [0.29, 0.717) is 11.3 Å². The van der Waals surface area contributed by atoms with Gasteiger partial charge in [0.2, 0.25) is 0 Å². The maximum Gasteiger partial charge on any atom is 0.336 e. The van der Waals surface area contributed by atoms with E-state index in [4.69, 9.17) is 9.15 Å². The lowest BCUT2D eigenvalue weighted by molar-refractivity contribution is -0.138. The molecule has 100 valence electrons. The van der Waals surface area contributed by atoms with Gasteiger partial charge in [0.15, 0.2) is 0 Å². The molecule has 1 heterocycles. The highest BCUT2D eigenvalue weighted by atomic mass is 16.5. The van der Waals surface area contributed by atoms with Gasteiger partial charge in [0, 0.05) is 17.5 Å². The van der Waals surface area contributed by atoms with Crippen LogP contribution in [0.2, 0.25) is 0 Å². The smallest absolute Gasteiger partial charge is 0.336 e. The van der Waals surface area contributed by atoms with Crippen LogP contribution in [-0.2, 0) is 4.79 Å². The maximum atomic E-state index is 11.7. The fourth-order valence-electron chi connectivity index (χ4n) is 1.75. The Morgan fingerprint density at radius 1 is 1.37 bits per heavy atom. The van der Waals surface area contributed by atoms with Gasteiger partial charge in [0.1, 0.15) is 11.3 Å². The van der Waals surface area contributed by atoms with Crippen molar-refractivity contribution in [2.24, 2.45) is 5.92 Å². The molecule has 0 saturated heterocycles. The standard InChI is InChI=1S/C15H16O4/c1-4-9(2)15(17)18-11-5-6-12-10(3)7-14(16)19-13(12)8-11/h5-9H,4H2,1-3H3. The van der Waals surface area contributed by atoms with Gasteiger partial charge >= 0.3 is 11.6 Å². The summed E-state index contributed by atoms with van der Waals surface area (Å²) < 4.78 is 10.4. The van der Waals surface area contributed by atoms with E-state index < -0.39 is 5.63 Å². The van der Waals surface area contributed by atoms with Crippen LogP contribution in [0.25, 0.3) is 11.0 Å². The third-order valence-corrected chi connectivity index (χ3v) is 3.16. The van der Waals surface area contributed by atoms with Gasteiger partial charge in [-0.25, -0.2) is 4.79 Å². The summed E-state index contributed by atoms with van der Waals surface area (Å²) in [4.78, 5) is 23.0. The first kappa shape index (κ1) is 13.3. The average Bonchev–Trinajstić information content (AvgIpc) is 2.36. The molecule has 2 rings (SSSR count). The highest BCUT2D eigenvalue weighted by Gasteiger charge is 2.13. The zero-order valence-electron chi connectivity index (χ0n) is 11.2.